The van der Waals surface area contributed by atoms with Gasteiger partial charge in [-0.1, -0.05) is 100 Å². The first-order valence-electron chi connectivity index (χ1n) is 17.7. The number of nitrogens with zero attached hydrogens (tertiary/aromatic N) is 1. The molecule has 2 aliphatic heterocycles. The summed E-state index contributed by atoms with van der Waals surface area (Å²) in [6, 6.07) is 24.9. The van der Waals surface area contributed by atoms with E-state index in [1.165, 1.54) is 26.2 Å². The number of carbonyl (C=O) groups is 2. The maximum Gasteiger partial charge on any atom is 0.303 e. The van der Waals surface area contributed by atoms with Crippen molar-refractivity contribution < 1.29 is 28.9 Å². The van der Waals surface area contributed by atoms with Crippen LogP contribution in [-0.4, -0.2) is 53.2 Å². The highest BCUT2D eigenvalue weighted by Gasteiger charge is 2.51. The lowest BCUT2D eigenvalue weighted by molar-refractivity contribution is -0.276. The van der Waals surface area contributed by atoms with Crippen molar-refractivity contribution in [2.75, 3.05) is 13.1 Å². The summed E-state index contributed by atoms with van der Waals surface area (Å²) in [6.07, 6.45) is 2.14. The van der Waals surface area contributed by atoms with Crippen LogP contribution in [0.2, 0.25) is 0 Å². The van der Waals surface area contributed by atoms with E-state index in [1.54, 1.807) is 6.92 Å². The molecule has 2 heterocycles. The van der Waals surface area contributed by atoms with Gasteiger partial charge >= 0.3 is 5.97 Å². The average Bonchev–Trinajstić information content (AvgIpc) is 3.31. The maximum absolute atomic E-state index is 12.5. The average molecular weight is 669 g/mol. The topological polar surface area (TPSA) is 97.3 Å². The van der Waals surface area contributed by atoms with Gasteiger partial charge in [0.25, 0.3) is 5.91 Å². The lowest BCUT2D eigenvalue weighted by Gasteiger charge is -2.43. The van der Waals surface area contributed by atoms with E-state index < -0.39 is 18.4 Å². The Kier molecular flexibility index (Phi) is 10.3. The molecule has 2 bridgehead atoms. The summed E-state index contributed by atoms with van der Waals surface area (Å²) in [6.45, 7) is 14.7. The van der Waals surface area contributed by atoms with Gasteiger partial charge < -0.3 is 24.6 Å². The summed E-state index contributed by atoms with van der Waals surface area (Å²) in [7, 11) is 0. The standard InChI is InChI=1S/C41H52N2O6/c1-26-36(22-43-25-41(6)20-34(43)19-40(4,5)24-41)48-39(49-37(26)31-13-11-29(23-44)12-14-31)32-17-15-30(16-18-32)35-10-8-7-9-33(35)21-42-38(46)27(2)47-28(3)45/h7-18,26-27,34,36-37,39,44H,19-25H2,1-6H3,(H,42,46)/t26-,27+,34?,36+,37+,39+,41?/m1/s1. The SMILES string of the molecule is CC(=O)O[C@@H](C)C(=O)NCc1ccccc1-c1ccc([C@H]2O[C@@H](CN3CC4(C)CC3CC(C)(C)C4)[C@@H](C)[C@@H](c3ccc(CO)cc3)O2)cc1. The number of likely N-dealkylation sites (tertiary alicyclic amines) is 1. The Morgan fingerprint density at radius 2 is 1.67 bits per heavy atom. The van der Waals surface area contributed by atoms with Crippen LogP contribution in [0.3, 0.4) is 0 Å². The molecular formula is C41H52N2O6. The van der Waals surface area contributed by atoms with Gasteiger partial charge in [-0.2, -0.15) is 0 Å². The lowest BCUT2D eigenvalue weighted by atomic mass is 9.65. The molecular weight excluding hydrogens is 616 g/mol. The molecule has 3 fully saturated rings. The van der Waals surface area contributed by atoms with Crippen molar-refractivity contribution in [3.8, 4) is 11.1 Å². The van der Waals surface area contributed by atoms with Gasteiger partial charge in [0.05, 0.1) is 18.8 Å². The molecule has 3 aliphatic rings. The van der Waals surface area contributed by atoms with Gasteiger partial charge in [0.2, 0.25) is 0 Å². The number of hydrogen-bond donors (Lipinski definition) is 2. The third-order valence-corrected chi connectivity index (χ3v) is 10.7. The molecule has 2 N–H and O–H groups in total. The summed E-state index contributed by atoms with van der Waals surface area (Å²) in [4.78, 5) is 26.5. The van der Waals surface area contributed by atoms with Crippen LogP contribution < -0.4 is 5.32 Å². The third kappa shape index (κ3) is 8.09. The molecule has 0 spiro atoms. The first-order chi connectivity index (χ1) is 23.3. The second-order valence-electron chi connectivity index (χ2n) is 15.7. The highest BCUT2D eigenvalue weighted by atomic mass is 16.7. The number of aliphatic hydroxyl groups is 1. The third-order valence-electron chi connectivity index (χ3n) is 10.7. The van der Waals surface area contributed by atoms with Crippen molar-refractivity contribution in [2.45, 2.75) is 105 Å². The first-order valence-corrected chi connectivity index (χ1v) is 17.7. The van der Waals surface area contributed by atoms with E-state index in [-0.39, 0.29) is 30.6 Å². The summed E-state index contributed by atoms with van der Waals surface area (Å²) in [5.74, 6) is -0.702. The van der Waals surface area contributed by atoms with Crippen LogP contribution >= 0.6 is 0 Å². The fourth-order valence-corrected chi connectivity index (χ4v) is 8.75. The number of amides is 1. The Morgan fingerprint density at radius 3 is 2.37 bits per heavy atom. The highest BCUT2D eigenvalue weighted by Crippen LogP contribution is 2.53. The van der Waals surface area contributed by atoms with Crippen LogP contribution in [-0.2, 0) is 37.0 Å². The Labute approximate surface area is 291 Å². The fraction of sp³-hybridized carbons (Fsp3) is 0.512. The normalized spacial score (nSPS) is 28.5. The summed E-state index contributed by atoms with van der Waals surface area (Å²) < 4.78 is 18.7. The smallest absolute Gasteiger partial charge is 0.303 e. The Hall–Kier alpha value is -3.56. The van der Waals surface area contributed by atoms with E-state index in [1.807, 2.05) is 36.4 Å². The molecule has 0 aromatic heterocycles. The molecule has 3 aromatic rings. The fourth-order valence-electron chi connectivity index (χ4n) is 8.75. The molecule has 262 valence electrons. The maximum atomic E-state index is 12.5. The van der Waals surface area contributed by atoms with Crippen LogP contribution in [0.25, 0.3) is 11.1 Å². The molecule has 49 heavy (non-hydrogen) atoms. The molecule has 3 aromatic carbocycles. The van der Waals surface area contributed by atoms with Crippen LogP contribution in [0.5, 0.6) is 0 Å². The van der Waals surface area contributed by atoms with Gasteiger partial charge in [0, 0.05) is 44.1 Å². The van der Waals surface area contributed by atoms with Crippen LogP contribution in [0, 0.1) is 16.7 Å². The van der Waals surface area contributed by atoms with Crippen molar-refractivity contribution in [1.82, 2.24) is 10.2 Å². The molecule has 7 atom stereocenters. The zero-order chi connectivity index (χ0) is 34.9. The minimum Gasteiger partial charge on any atom is -0.453 e. The molecule has 1 saturated carbocycles. The molecule has 6 rings (SSSR count). The molecule has 2 saturated heterocycles. The number of benzene rings is 3. The second-order valence-corrected chi connectivity index (χ2v) is 15.7. The van der Waals surface area contributed by atoms with Crippen molar-refractivity contribution in [3.63, 3.8) is 0 Å². The van der Waals surface area contributed by atoms with Crippen LogP contribution in [0.4, 0.5) is 0 Å². The molecule has 0 radical (unpaired) electrons. The predicted octanol–water partition coefficient (Wildman–Crippen LogP) is 7.11. The zero-order valence-corrected chi connectivity index (χ0v) is 29.8. The number of carbonyl (C=O) groups excluding carboxylic acids is 2. The van der Waals surface area contributed by atoms with Crippen LogP contribution in [0.1, 0.15) is 95.5 Å². The predicted molar refractivity (Wildman–Crippen MR) is 189 cm³/mol. The van der Waals surface area contributed by atoms with Gasteiger partial charge in [-0.05, 0) is 64.8 Å². The van der Waals surface area contributed by atoms with Gasteiger partial charge in [-0.25, -0.2) is 0 Å². The number of hydrogen-bond acceptors (Lipinski definition) is 7. The van der Waals surface area contributed by atoms with Crippen molar-refractivity contribution in [2.24, 2.45) is 16.7 Å². The van der Waals surface area contributed by atoms with Gasteiger partial charge in [-0.3, -0.25) is 14.5 Å². The van der Waals surface area contributed by atoms with Crippen molar-refractivity contribution >= 4 is 11.9 Å². The quantitative estimate of drug-likeness (QED) is 0.223. The molecule has 1 amide bonds. The Morgan fingerprint density at radius 1 is 0.980 bits per heavy atom. The van der Waals surface area contributed by atoms with Crippen LogP contribution in [0.15, 0.2) is 72.8 Å². The summed E-state index contributed by atoms with van der Waals surface area (Å²) >= 11 is 0. The summed E-state index contributed by atoms with van der Waals surface area (Å²) in [5.41, 5.74) is 6.59. The zero-order valence-electron chi connectivity index (χ0n) is 29.8. The lowest BCUT2D eigenvalue weighted by Crippen LogP contribution is -2.46. The van der Waals surface area contributed by atoms with E-state index in [0.29, 0.717) is 23.4 Å². The molecule has 1 aliphatic carbocycles. The number of aliphatic hydroxyl groups excluding tert-OH is 1. The largest absolute Gasteiger partial charge is 0.453 e. The van der Waals surface area contributed by atoms with Gasteiger partial charge in [0.15, 0.2) is 12.4 Å². The summed E-state index contributed by atoms with van der Waals surface area (Å²) in [5, 5.41) is 12.5. The van der Waals surface area contributed by atoms with Crippen molar-refractivity contribution in [3.05, 3.63) is 95.1 Å². The minimum atomic E-state index is -0.859. The van der Waals surface area contributed by atoms with E-state index in [0.717, 1.165) is 46.5 Å². The number of nitrogens with one attached hydrogen (secondary N) is 1. The monoisotopic (exact) mass is 668 g/mol. The number of ether oxygens (including phenoxy) is 3. The van der Waals surface area contributed by atoms with E-state index in [9.17, 15) is 14.7 Å². The molecule has 8 heteroatoms. The number of rotatable bonds is 10. The Balaban J connectivity index is 1.22. The van der Waals surface area contributed by atoms with Crippen molar-refractivity contribution in [1.29, 1.82) is 0 Å². The van der Waals surface area contributed by atoms with E-state index >= 15 is 0 Å². The highest BCUT2D eigenvalue weighted by molar-refractivity contribution is 5.83. The van der Waals surface area contributed by atoms with Gasteiger partial charge in [0.1, 0.15) is 0 Å². The number of fused-ring (bicyclic) bond motifs is 2. The minimum absolute atomic E-state index is 0.0104. The molecule has 2 unspecified atom stereocenters. The second kappa shape index (κ2) is 14.4. The number of esters is 1. The van der Waals surface area contributed by atoms with Gasteiger partial charge in [-0.15, -0.1) is 0 Å². The van der Waals surface area contributed by atoms with E-state index in [2.05, 4.69) is 74.3 Å². The molecule has 8 nitrogen and oxygen atoms in total. The Bertz CT molecular complexity index is 1620. The van der Waals surface area contributed by atoms with E-state index in [4.69, 9.17) is 14.2 Å². The first kappa shape index (κ1) is 35.3.